The van der Waals surface area contributed by atoms with E-state index in [9.17, 15) is 9.18 Å². The number of amides is 1. The minimum Gasteiger partial charge on any atom is -0.339 e. The number of carbonyl (C=O) groups excluding carboxylic acids is 1. The molecule has 1 unspecified atom stereocenters. The van der Waals surface area contributed by atoms with Crippen molar-refractivity contribution in [2.24, 2.45) is 5.73 Å². The summed E-state index contributed by atoms with van der Waals surface area (Å²) in [6, 6.07) is 4.76. The molecule has 0 aliphatic heterocycles. The van der Waals surface area contributed by atoms with Crippen molar-refractivity contribution in [2.75, 3.05) is 6.54 Å². The predicted octanol–water partition coefficient (Wildman–Crippen LogP) is 3.49. The maximum Gasteiger partial charge on any atom is 0.222 e. The van der Waals surface area contributed by atoms with Crippen molar-refractivity contribution in [3.05, 3.63) is 34.1 Å². The van der Waals surface area contributed by atoms with E-state index in [1.54, 1.807) is 17.0 Å². The van der Waals surface area contributed by atoms with Crippen LogP contribution in [0, 0.1) is 5.82 Å². The van der Waals surface area contributed by atoms with Crippen LogP contribution < -0.4 is 5.73 Å². The number of hydrogen-bond acceptors (Lipinski definition) is 2. The van der Waals surface area contributed by atoms with Crippen LogP contribution in [-0.2, 0) is 11.3 Å². The van der Waals surface area contributed by atoms with Gasteiger partial charge in [0.15, 0.2) is 0 Å². The fraction of sp³-hybridized carbons (Fsp3) is 0.500. The molecule has 1 rings (SSSR count). The van der Waals surface area contributed by atoms with Crippen molar-refractivity contribution in [1.82, 2.24) is 4.90 Å². The lowest BCUT2D eigenvalue weighted by Gasteiger charge is -2.22. The van der Waals surface area contributed by atoms with Gasteiger partial charge in [0.05, 0.1) is 0 Å². The molecular formula is C14H21BrClFN2O. The molecule has 20 heavy (non-hydrogen) atoms. The van der Waals surface area contributed by atoms with Gasteiger partial charge < -0.3 is 10.6 Å². The number of benzene rings is 1. The van der Waals surface area contributed by atoms with Crippen LogP contribution in [0.2, 0.25) is 0 Å². The van der Waals surface area contributed by atoms with E-state index in [2.05, 4.69) is 15.9 Å². The van der Waals surface area contributed by atoms with Gasteiger partial charge in [0, 0.05) is 35.6 Å². The van der Waals surface area contributed by atoms with Crippen molar-refractivity contribution in [3.8, 4) is 0 Å². The maximum absolute atomic E-state index is 13.7. The quantitative estimate of drug-likeness (QED) is 0.836. The molecule has 2 N–H and O–H groups in total. The first kappa shape index (κ1) is 19.4. The number of nitrogens with two attached hydrogens (primary N) is 1. The highest BCUT2D eigenvalue weighted by Crippen LogP contribution is 2.17. The van der Waals surface area contributed by atoms with Gasteiger partial charge in [0.25, 0.3) is 0 Å². The molecule has 1 amide bonds. The van der Waals surface area contributed by atoms with Gasteiger partial charge in [-0.25, -0.2) is 4.39 Å². The topological polar surface area (TPSA) is 46.3 Å². The van der Waals surface area contributed by atoms with E-state index in [0.29, 0.717) is 31.5 Å². The first-order chi connectivity index (χ1) is 8.93. The van der Waals surface area contributed by atoms with Crippen molar-refractivity contribution < 1.29 is 9.18 Å². The third-order valence-electron chi connectivity index (χ3n) is 2.92. The number of halogens is 3. The molecule has 0 saturated carbocycles. The Bertz CT molecular complexity index is 443. The summed E-state index contributed by atoms with van der Waals surface area (Å²) in [5.74, 6) is -0.277. The van der Waals surface area contributed by atoms with Gasteiger partial charge >= 0.3 is 0 Å². The lowest BCUT2D eigenvalue weighted by Crippen LogP contribution is -2.31. The molecule has 0 spiro atoms. The van der Waals surface area contributed by atoms with Crippen LogP contribution >= 0.6 is 28.3 Å². The van der Waals surface area contributed by atoms with Crippen molar-refractivity contribution in [3.63, 3.8) is 0 Å². The molecule has 114 valence electrons. The molecule has 1 aromatic carbocycles. The van der Waals surface area contributed by atoms with Crippen LogP contribution in [0.5, 0.6) is 0 Å². The summed E-state index contributed by atoms with van der Waals surface area (Å²) < 4.78 is 14.5. The second-order valence-corrected chi connectivity index (χ2v) is 5.58. The van der Waals surface area contributed by atoms with Crippen LogP contribution in [0.4, 0.5) is 4.39 Å². The van der Waals surface area contributed by atoms with Crippen LogP contribution in [-0.4, -0.2) is 23.4 Å². The van der Waals surface area contributed by atoms with E-state index >= 15 is 0 Å². The highest BCUT2D eigenvalue weighted by Gasteiger charge is 2.14. The highest BCUT2D eigenvalue weighted by molar-refractivity contribution is 9.10. The summed E-state index contributed by atoms with van der Waals surface area (Å²) in [6.45, 7) is 4.61. The molecule has 0 bridgehead atoms. The van der Waals surface area contributed by atoms with Crippen molar-refractivity contribution in [1.29, 1.82) is 0 Å². The summed E-state index contributed by atoms with van der Waals surface area (Å²) >= 11 is 3.31. The molecule has 0 aliphatic rings. The molecule has 6 heteroatoms. The van der Waals surface area contributed by atoms with E-state index in [0.717, 1.165) is 4.47 Å². The fourth-order valence-electron chi connectivity index (χ4n) is 1.76. The SMILES string of the molecule is CCN(Cc1cc(Br)ccc1F)C(=O)CCC(C)N.Cl. The Hall–Kier alpha value is -0.650. The number of carbonyl (C=O) groups is 1. The number of hydrogen-bond donors (Lipinski definition) is 1. The van der Waals surface area contributed by atoms with Gasteiger partial charge in [-0.15, -0.1) is 12.4 Å². The maximum atomic E-state index is 13.7. The Labute approximate surface area is 134 Å². The first-order valence-corrected chi connectivity index (χ1v) is 7.20. The minimum absolute atomic E-state index is 0. The zero-order chi connectivity index (χ0) is 14.4. The molecular weight excluding hydrogens is 347 g/mol. The van der Waals surface area contributed by atoms with Crippen LogP contribution in [0.25, 0.3) is 0 Å². The van der Waals surface area contributed by atoms with Gasteiger partial charge in [0.1, 0.15) is 5.82 Å². The van der Waals surface area contributed by atoms with Crippen LogP contribution in [0.1, 0.15) is 32.3 Å². The average molecular weight is 368 g/mol. The molecule has 0 saturated heterocycles. The molecule has 1 aromatic rings. The first-order valence-electron chi connectivity index (χ1n) is 6.41. The highest BCUT2D eigenvalue weighted by atomic mass is 79.9. The summed E-state index contributed by atoms with van der Waals surface area (Å²) in [5.41, 5.74) is 6.16. The molecule has 3 nitrogen and oxygen atoms in total. The Morgan fingerprint density at radius 2 is 2.15 bits per heavy atom. The molecule has 0 heterocycles. The summed E-state index contributed by atoms with van der Waals surface area (Å²) in [4.78, 5) is 13.7. The molecule has 0 fully saturated rings. The van der Waals surface area contributed by atoms with E-state index < -0.39 is 0 Å². The van der Waals surface area contributed by atoms with Gasteiger partial charge in [-0.2, -0.15) is 0 Å². The van der Waals surface area contributed by atoms with E-state index in [1.165, 1.54) is 6.07 Å². The smallest absolute Gasteiger partial charge is 0.222 e. The third kappa shape index (κ3) is 6.20. The van der Waals surface area contributed by atoms with Gasteiger partial charge in [-0.1, -0.05) is 15.9 Å². The monoisotopic (exact) mass is 366 g/mol. The average Bonchev–Trinajstić information content (AvgIpc) is 2.36. The van der Waals surface area contributed by atoms with Crippen LogP contribution in [0.15, 0.2) is 22.7 Å². The molecule has 0 aromatic heterocycles. The minimum atomic E-state index is -0.290. The summed E-state index contributed by atoms with van der Waals surface area (Å²) in [7, 11) is 0. The van der Waals surface area contributed by atoms with Gasteiger partial charge in [-0.05, 0) is 38.5 Å². The Morgan fingerprint density at radius 1 is 1.50 bits per heavy atom. The lowest BCUT2D eigenvalue weighted by molar-refractivity contribution is -0.131. The van der Waals surface area contributed by atoms with Crippen molar-refractivity contribution in [2.45, 2.75) is 39.3 Å². The Balaban J connectivity index is 0.00000361. The van der Waals surface area contributed by atoms with Gasteiger partial charge in [0.2, 0.25) is 5.91 Å². The summed E-state index contributed by atoms with van der Waals surface area (Å²) in [6.07, 6.45) is 1.05. The zero-order valence-corrected chi connectivity index (χ0v) is 14.1. The second kappa shape index (κ2) is 9.32. The Kier molecular flexibility index (Phi) is 9.01. The second-order valence-electron chi connectivity index (χ2n) is 4.66. The largest absolute Gasteiger partial charge is 0.339 e. The van der Waals surface area contributed by atoms with Crippen molar-refractivity contribution >= 4 is 34.2 Å². The van der Waals surface area contributed by atoms with E-state index in [-0.39, 0.29) is 30.2 Å². The van der Waals surface area contributed by atoms with Crippen LogP contribution in [0.3, 0.4) is 0 Å². The molecule has 0 aliphatic carbocycles. The number of nitrogens with zero attached hydrogens (tertiary/aromatic N) is 1. The Morgan fingerprint density at radius 3 is 2.70 bits per heavy atom. The summed E-state index contributed by atoms with van der Waals surface area (Å²) in [5, 5.41) is 0. The molecule has 0 radical (unpaired) electrons. The number of rotatable bonds is 6. The van der Waals surface area contributed by atoms with E-state index in [4.69, 9.17) is 5.73 Å². The zero-order valence-electron chi connectivity index (χ0n) is 11.7. The van der Waals surface area contributed by atoms with E-state index in [1.807, 2.05) is 13.8 Å². The standard InChI is InChI=1S/C14H20BrFN2O.ClH/c1-3-18(14(19)7-4-10(2)17)9-11-8-12(15)5-6-13(11)16;/h5-6,8,10H,3-4,7,9,17H2,1-2H3;1H. The third-order valence-corrected chi connectivity index (χ3v) is 3.41. The lowest BCUT2D eigenvalue weighted by atomic mass is 10.1. The predicted molar refractivity (Wildman–Crippen MR) is 85.3 cm³/mol. The van der Waals surface area contributed by atoms with Gasteiger partial charge in [-0.3, -0.25) is 4.79 Å². The molecule has 1 atom stereocenters. The normalized spacial score (nSPS) is 11.7. The fourth-order valence-corrected chi connectivity index (χ4v) is 2.16.